The molecule has 1 N–H and O–H groups in total. The van der Waals surface area contributed by atoms with Crippen molar-refractivity contribution in [1.82, 2.24) is 9.62 Å². The topological polar surface area (TPSA) is 79.0 Å². The SMILES string of the molecule is COc1ccc(N2CCN(C(=O)[C@H](C)NS(=O)(=O)c3ccccc3F)CC2)cc1. The molecule has 0 bridgehead atoms. The van der Waals surface area contributed by atoms with Crippen LogP contribution in [0, 0.1) is 5.82 Å². The molecule has 0 spiro atoms. The molecule has 0 radical (unpaired) electrons. The number of halogens is 1. The van der Waals surface area contributed by atoms with Crippen molar-refractivity contribution in [2.45, 2.75) is 17.9 Å². The lowest BCUT2D eigenvalue weighted by molar-refractivity contribution is -0.132. The van der Waals surface area contributed by atoms with E-state index in [0.717, 1.165) is 17.5 Å². The minimum absolute atomic E-state index is 0.334. The molecule has 2 aromatic rings. The molecule has 0 unspecified atom stereocenters. The number of hydrogen-bond acceptors (Lipinski definition) is 5. The first kappa shape index (κ1) is 21.1. The van der Waals surface area contributed by atoms with E-state index < -0.39 is 26.8 Å². The molecule has 156 valence electrons. The summed E-state index contributed by atoms with van der Waals surface area (Å²) in [5.74, 6) is -0.412. The van der Waals surface area contributed by atoms with Crippen LogP contribution in [0.25, 0.3) is 0 Å². The van der Waals surface area contributed by atoms with Crippen LogP contribution in [-0.2, 0) is 14.8 Å². The molecule has 1 atom stereocenters. The number of sulfonamides is 1. The number of nitrogens with zero attached hydrogens (tertiary/aromatic N) is 2. The number of methoxy groups -OCH3 is 1. The van der Waals surface area contributed by atoms with Crippen LogP contribution in [-0.4, -0.2) is 58.6 Å². The van der Waals surface area contributed by atoms with Gasteiger partial charge in [0.05, 0.1) is 13.2 Å². The van der Waals surface area contributed by atoms with Crippen LogP contribution >= 0.6 is 0 Å². The van der Waals surface area contributed by atoms with Crippen LogP contribution in [0.1, 0.15) is 6.92 Å². The van der Waals surface area contributed by atoms with E-state index in [-0.39, 0.29) is 5.91 Å². The summed E-state index contributed by atoms with van der Waals surface area (Å²) in [6.45, 7) is 3.67. The molecular weight excluding hydrogens is 397 g/mol. The van der Waals surface area contributed by atoms with Crippen molar-refractivity contribution < 1.29 is 22.3 Å². The molecule has 1 aliphatic rings. The second-order valence-electron chi connectivity index (χ2n) is 6.78. The maximum Gasteiger partial charge on any atom is 0.244 e. The molecule has 9 heteroatoms. The maximum absolute atomic E-state index is 13.8. The summed E-state index contributed by atoms with van der Waals surface area (Å²) >= 11 is 0. The van der Waals surface area contributed by atoms with Crippen LogP contribution in [0.3, 0.4) is 0 Å². The highest BCUT2D eigenvalue weighted by Gasteiger charge is 2.29. The molecule has 0 saturated carbocycles. The molecule has 1 amide bonds. The number of carbonyl (C=O) groups is 1. The third-order valence-corrected chi connectivity index (χ3v) is 6.43. The second kappa shape index (κ2) is 8.79. The Morgan fingerprint density at radius 1 is 1.07 bits per heavy atom. The lowest BCUT2D eigenvalue weighted by atomic mass is 10.2. The van der Waals surface area contributed by atoms with Gasteiger partial charge in [-0.25, -0.2) is 12.8 Å². The smallest absolute Gasteiger partial charge is 0.244 e. The van der Waals surface area contributed by atoms with E-state index in [1.54, 1.807) is 12.0 Å². The Labute approximate surface area is 170 Å². The van der Waals surface area contributed by atoms with Crippen LogP contribution in [0.5, 0.6) is 5.75 Å². The zero-order valence-electron chi connectivity index (χ0n) is 16.3. The van der Waals surface area contributed by atoms with Gasteiger partial charge in [0.25, 0.3) is 0 Å². The number of benzene rings is 2. The van der Waals surface area contributed by atoms with Crippen molar-refractivity contribution in [2.75, 3.05) is 38.2 Å². The summed E-state index contributed by atoms with van der Waals surface area (Å²) in [7, 11) is -2.52. The van der Waals surface area contributed by atoms with Gasteiger partial charge in [0.1, 0.15) is 16.5 Å². The van der Waals surface area contributed by atoms with Crippen molar-refractivity contribution in [3.8, 4) is 5.75 Å². The molecule has 0 aromatic heterocycles. The highest BCUT2D eigenvalue weighted by atomic mass is 32.2. The zero-order chi connectivity index (χ0) is 21.0. The van der Waals surface area contributed by atoms with E-state index in [0.29, 0.717) is 26.2 Å². The van der Waals surface area contributed by atoms with Crippen molar-refractivity contribution in [3.63, 3.8) is 0 Å². The quantitative estimate of drug-likeness (QED) is 0.770. The molecule has 7 nitrogen and oxygen atoms in total. The Morgan fingerprint density at radius 3 is 2.28 bits per heavy atom. The number of carbonyl (C=O) groups excluding carboxylic acids is 1. The van der Waals surface area contributed by atoms with Crippen molar-refractivity contribution in [2.24, 2.45) is 0 Å². The third kappa shape index (κ3) is 4.86. The number of anilines is 1. The van der Waals surface area contributed by atoms with Gasteiger partial charge < -0.3 is 14.5 Å². The van der Waals surface area contributed by atoms with E-state index in [9.17, 15) is 17.6 Å². The molecule has 1 heterocycles. The fourth-order valence-corrected chi connectivity index (χ4v) is 4.54. The number of ether oxygens (including phenoxy) is 1. The lowest BCUT2D eigenvalue weighted by Crippen LogP contribution is -2.54. The van der Waals surface area contributed by atoms with Crippen LogP contribution in [0.2, 0.25) is 0 Å². The number of amides is 1. The predicted octanol–water partition coefficient (Wildman–Crippen LogP) is 1.85. The van der Waals surface area contributed by atoms with Gasteiger partial charge in [0.15, 0.2) is 0 Å². The molecule has 3 rings (SSSR count). The molecular formula is C20H24FN3O4S. The van der Waals surface area contributed by atoms with E-state index in [1.807, 2.05) is 24.3 Å². The normalized spacial score (nSPS) is 15.8. The molecule has 0 aliphatic carbocycles. The van der Waals surface area contributed by atoms with E-state index in [4.69, 9.17) is 4.74 Å². The van der Waals surface area contributed by atoms with Gasteiger partial charge in [-0.2, -0.15) is 4.72 Å². The minimum atomic E-state index is -4.13. The summed E-state index contributed by atoms with van der Waals surface area (Å²) < 4.78 is 46.1. The standard InChI is InChI=1S/C20H24FN3O4S/c1-15(22-29(26,27)19-6-4-3-5-18(19)21)20(25)24-13-11-23(12-14-24)16-7-9-17(28-2)10-8-16/h3-10,15,22H,11-14H2,1-2H3/t15-/m0/s1. The zero-order valence-corrected chi connectivity index (χ0v) is 17.2. The Kier molecular flexibility index (Phi) is 6.39. The van der Waals surface area contributed by atoms with Gasteiger partial charge in [-0.15, -0.1) is 0 Å². The highest BCUT2D eigenvalue weighted by molar-refractivity contribution is 7.89. The molecule has 1 fully saturated rings. The van der Waals surface area contributed by atoms with Crippen LogP contribution in [0.4, 0.5) is 10.1 Å². The molecule has 29 heavy (non-hydrogen) atoms. The molecule has 1 aliphatic heterocycles. The molecule has 2 aromatic carbocycles. The van der Waals surface area contributed by atoms with E-state index in [1.165, 1.54) is 25.1 Å². The van der Waals surface area contributed by atoms with Gasteiger partial charge in [0.2, 0.25) is 15.9 Å². The Balaban J connectivity index is 1.59. The number of piperazine rings is 1. The highest BCUT2D eigenvalue weighted by Crippen LogP contribution is 2.21. The number of rotatable bonds is 6. The summed E-state index contributed by atoms with van der Waals surface area (Å²) in [4.78, 5) is 16.0. The summed E-state index contributed by atoms with van der Waals surface area (Å²) in [6.07, 6.45) is 0. The third-order valence-electron chi connectivity index (χ3n) is 4.86. The van der Waals surface area contributed by atoms with Crippen molar-refractivity contribution in [3.05, 3.63) is 54.3 Å². The maximum atomic E-state index is 13.8. The Morgan fingerprint density at radius 2 is 1.69 bits per heavy atom. The molecule has 1 saturated heterocycles. The summed E-state index contributed by atoms with van der Waals surface area (Å²) in [6, 6.07) is 11.8. The second-order valence-corrected chi connectivity index (χ2v) is 8.47. The van der Waals surface area contributed by atoms with Crippen LogP contribution in [0.15, 0.2) is 53.4 Å². The van der Waals surface area contributed by atoms with Crippen LogP contribution < -0.4 is 14.4 Å². The van der Waals surface area contributed by atoms with E-state index in [2.05, 4.69) is 9.62 Å². The van der Waals surface area contributed by atoms with Gasteiger partial charge in [0, 0.05) is 31.9 Å². The van der Waals surface area contributed by atoms with Gasteiger partial charge in [-0.3, -0.25) is 4.79 Å². The first-order chi connectivity index (χ1) is 13.8. The number of nitrogens with one attached hydrogen (secondary N) is 1. The monoisotopic (exact) mass is 421 g/mol. The summed E-state index contributed by atoms with van der Waals surface area (Å²) in [5.41, 5.74) is 1.03. The Hall–Kier alpha value is -2.65. The average molecular weight is 421 g/mol. The lowest BCUT2D eigenvalue weighted by Gasteiger charge is -2.37. The fraction of sp³-hybridized carbons (Fsp3) is 0.350. The summed E-state index contributed by atoms with van der Waals surface area (Å²) in [5, 5.41) is 0. The largest absolute Gasteiger partial charge is 0.497 e. The fourth-order valence-electron chi connectivity index (χ4n) is 3.26. The first-order valence-electron chi connectivity index (χ1n) is 9.26. The van der Waals surface area contributed by atoms with Crippen molar-refractivity contribution in [1.29, 1.82) is 0 Å². The minimum Gasteiger partial charge on any atom is -0.497 e. The van der Waals surface area contributed by atoms with E-state index >= 15 is 0 Å². The van der Waals surface area contributed by atoms with Gasteiger partial charge in [-0.05, 0) is 43.3 Å². The Bertz CT molecular complexity index is 958. The van der Waals surface area contributed by atoms with Gasteiger partial charge >= 0.3 is 0 Å². The average Bonchev–Trinajstić information content (AvgIpc) is 2.73. The van der Waals surface area contributed by atoms with Crippen molar-refractivity contribution >= 4 is 21.6 Å². The number of hydrogen-bond donors (Lipinski definition) is 1. The van der Waals surface area contributed by atoms with Gasteiger partial charge in [-0.1, -0.05) is 12.1 Å². The first-order valence-corrected chi connectivity index (χ1v) is 10.7. The predicted molar refractivity (Wildman–Crippen MR) is 108 cm³/mol.